The molecule has 0 bridgehead atoms. The van der Waals surface area contributed by atoms with Crippen LogP contribution >= 0.6 is 11.6 Å². The molecule has 0 spiro atoms. The van der Waals surface area contributed by atoms with Crippen LogP contribution in [0.15, 0.2) is 30.5 Å². The number of nitrogens with one attached hydrogen (secondary N) is 1. The van der Waals surface area contributed by atoms with Gasteiger partial charge in [-0.15, -0.1) is 0 Å². The van der Waals surface area contributed by atoms with E-state index in [1.807, 2.05) is 20.8 Å². The van der Waals surface area contributed by atoms with E-state index >= 15 is 0 Å². The Labute approximate surface area is 162 Å². The van der Waals surface area contributed by atoms with Gasteiger partial charge in [0.15, 0.2) is 17.1 Å². The second-order valence-electron chi connectivity index (χ2n) is 6.53. The Morgan fingerprint density at radius 1 is 1.33 bits per heavy atom. The van der Waals surface area contributed by atoms with Crippen LogP contribution in [-0.2, 0) is 0 Å². The first-order chi connectivity index (χ1) is 12.9. The standard InChI is InChI=1S/C19H21ClN4O3/c1-11(2)10-27-18-15(20)7-13(8-16(18)26-4)19(25)22-14-5-6-17-21-12(3)23-24(17)9-14/h5-9,11H,10H2,1-4H3,(H,22,25). The van der Waals surface area contributed by atoms with Gasteiger partial charge in [-0.05, 0) is 37.1 Å². The molecular formula is C19H21ClN4O3. The van der Waals surface area contributed by atoms with E-state index in [1.165, 1.54) is 7.11 Å². The molecule has 1 N–H and O–H groups in total. The van der Waals surface area contributed by atoms with E-state index in [-0.39, 0.29) is 5.91 Å². The highest BCUT2D eigenvalue weighted by atomic mass is 35.5. The number of aromatic nitrogens is 3. The zero-order valence-corrected chi connectivity index (χ0v) is 16.4. The Kier molecular flexibility index (Phi) is 5.51. The number of aryl methyl sites for hydroxylation is 1. The molecule has 142 valence electrons. The SMILES string of the molecule is COc1cc(C(=O)Nc2ccc3nc(C)nn3c2)cc(Cl)c1OCC(C)C. The summed E-state index contributed by atoms with van der Waals surface area (Å²) in [4.78, 5) is 16.9. The molecule has 8 heteroatoms. The number of carbonyl (C=O) groups excluding carboxylic acids is 1. The lowest BCUT2D eigenvalue weighted by Gasteiger charge is -2.15. The molecule has 3 rings (SSSR count). The Morgan fingerprint density at radius 3 is 2.81 bits per heavy atom. The average Bonchev–Trinajstić information content (AvgIpc) is 2.99. The summed E-state index contributed by atoms with van der Waals surface area (Å²) in [7, 11) is 1.51. The zero-order chi connectivity index (χ0) is 19.6. The Morgan fingerprint density at radius 2 is 2.11 bits per heavy atom. The van der Waals surface area contributed by atoms with Gasteiger partial charge in [0.05, 0.1) is 30.6 Å². The number of benzene rings is 1. The van der Waals surface area contributed by atoms with Crippen molar-refractivity contribution in [3.63, 3.8) is 0 Å². The van der Waals surface area contributed by atoms with Gasteiger partial charge in [0.25, 0.3) is 5.91 Å². The molecule has 0 unspecified atom stereocenters. The van der Waals surface area contributed by atoms with Crippen LogP contribution in [0.4, 0.5) is 5.69 Å². The molecule has 0 atom stereocenters. The molecule has 3 aromatic rings. The minimum atomic E-state index is -0.318. The summed E-state index contributed by atoms with van der Waals surface area (Å²) < 4.78 is 12.7. The van der Waals surface area contributed by atoms with Crippen LogP contribution in [0.25, 0.3) is 5.65 Å². The number of anilines is 1. The Balaban J connectivity index is 1.83. The lowest BCUT2D eigenvalue weighted by Crippen LogP contribution is -2.13. The van der Waals surface area contributed by atoms with Gasteiger partial charge in [0.1, 0.15) is 5.82 Å². The van der Waals surface area contributed by atoms with Crippen molar-refractivity contribution in [2.45, 2.75) is 20.8 Å². The van der Waals surface area contributed by atoms with E-state index < -0.39 is 0 Å². The molecule has 27 heavy (non-hydrogen) atoms. The molecule has 2 heterocycles. The Bertz CT molecular complexity index is 984. The highest BCUT2D eigenvalue weighted by molar-refractivity contribution is 6.32. The molecule has 1 aromatic carbocycles. The van der Waals surface area contributed by atoms with Crippen molar-refractivity contribution in [1.82, 2.24) is 14.6 Å². The van der Waals surface area contributed by atoms with Gasteiger partial charge in [-0.2, -0.15) is 5.10 Å². The molecular weight excluding hydrogens is 368 g/mol. The van der Waals surface area contributed by atoms with Crippen molar-refractivity contribution in [2.24, 2.45) is 5.92 Å². The number of amides is 1. The van der Waals surface area contributed by atoms with E-state index in [4.69, 9.17) is 21.1 Å². The molecule has 0 aliphatic rings. The van der Waals surface area contributed by atoms with Crippen molar-refractivity contribution in [3.05, 3.63) is 46.9 Å². The van der Waals surface area contributed by atoms with Gasteiger partial charge in [0.2, 0.25) is 0 Å². The van der Waals surface area contributed by atoms with Gasteiger partial charge < -0.3 is 14.8 Å². The van der Waals surface area contributed by atoms with Crippen LogP contribution in [0.2, 0.25) is 5.02 Å². The first-order valence-electron chi connectivity index (χ1n) is 8.52. The fourth-order valence-corrected chi connectivity index (χ4v) is 2.78. The van der Waals surface area contributed by atoms with Crippen LogP contribution in [0.1, 0.15) is 30.0 Å². The molecule has 0 saturated heterocycles. The fraction of sp³-hybridized carbons (Fsp3) is 0.316. The molecule has 0 radical (unpaired) electrons. The number of rotatable bonds is 6. The predicted molar refractivity (Wildman–Crippen MR) is 104 cm³/mol. The highest BCUT2D eigenvalue weighted by Gasteiger charge is 2.17. The number of nitrogens with zero attached hydrogens (tertiary/aromatic N) is 3. The van der Waals surface area contributed by atoms with Crippen LogP contribution in [0.3, 0.4) is 0 Å². The van der Waals surface area contributed by atoms with Gasteiger partial charge >= 0.3 is 0 Å². The fourth-order valence-electron chi connectivity index (χ4n) is 2.51. The Hall–Kier alpha value is -2.80. The molecule has 0 fully saturated rings. The number of carbonyl (C=O) groups is 1. The quantitative estimate of drug-likeness (QED) is 0.690. The molecule has 7 nitrogen and oxygen atoms in total. The van der Waals surface area contributed by atoms with Crippen molar-refractivity contribution < 1.29 is 14.3 Å². The second kappa shape index (κ2) is 7.84. The van der Waals surface area contributed by atoms with Gasteiger partial charge in [-0.25, -0.2) is 9.50 Å². The maximum absolute atomic E-state index is 12.6. The molecule has 1 amide bonds. The summed E-state index contributed by atoms with van der Waals surface area (Å²) in [5.41, 5.74) is 1.66. The second-order valence-corrected chi connectivity index (χ2v) is 6.94. The lowest BCUT2D eigenvalue weighted by atomic mass is 10.1. The number of ether oxygens (including phenoxy) is 2. The minimum Gasteiger partial charge on any atom is -0.493 e. The number of halogens is 1. The number of pyridine rings is 1. The van der Waals surface area contributed by atoms with Crippen LogP contribution in [0.5, 0.6) is 11.5 Å². The number of hydrogen-bond acceptors (Lipinski definition) is 5. The minimum absolute atomic E-state index is 0.318. The first kappa shape index (κ1) is 19.0. The smallest absolute Gasteiger partial charge is 0.255 e. The summed E-state index contributed by atoms with van der Waals surface area (Å²) in [6.07, 6.45) is 1.70. The number of fused-ring (bicyclic) bond motifs is 1. The molecule has 0 aliphatic carbocycles. The predicted octanol–water partition coefficient (Wildman–Crippen LogP) is 3.99. The van der Waals surface area contributed by atoms with Crippen LogP contribution in [-0.4, -0.2) is 34.2 Å². The van der Waals surface area contributed by atoms with Crippen molar-refractivity contribution in [1.29, 1.82) is 0 Å². The monoisotopic (exact) mass is 388 g/mol. The summed E-state index contributed by atoms with van der Waals surface area (Å²) in [6, 6.07) is 6.72. The van der Waals surface area contributed by atoms with E-state index in [1.54, 1.807) is 35.0 Å². The van der Waals surface area contributed by atoms with Crippen molar-refractivity contribution in [3.8, 4) is 11.5 Å². The molecule has 2 aromatic heterocycles. The maximum Gasteiger partial charge on any atom is 0.255 e. The van der Waals surface area contributed by atoms with E-state index in [0.29, 0.717) is 51.8 Å². The van der Waals surface area contributed by atoms with Crippen molar-refractivity contribution in [2.75, 3.05) is 19.0 Å². The third-order valence-electron chi connectivity index (χ3n) is 3.75. The highest BCUT2D eigenvalue weighted by Crippen LogP contribution is 2.37. The summed E-state index contributed by atoms with van der Waals surface area (Å²) in [5, 5.41) is 7.39. The molecule has 0 saturated carbocycles. The van der Waals surface area contributed by atoms with Gasteiger partial charge in [0, 0.05) is 5.56 Å². The maximum atomic E-state index is 12.6. The number of hydrogen-bond donors (Lipinski definition) is 1. The topological polar surface area (TPSA) is 77.8 Å². The summed E-state index contributed by atoms with van der Waals surface area (Å²) in [6.45, 7) is 6.38. The van der Waals surface area contributed by atoms with E-state index in [9.17, 15) is 4.79 Å². The third kappa shape index (κ3) is 4.31. The van der Waals surface area contributed by atoms with Crippen LogP contribution < -0.4 is 14.8 Å². The van der Waals surface area contributed by atoms with Gasteiger partial charge in [-0.1, -0.05) is 25.4 Å². The zero-order valence-electron chi connectivity index (χ0n) is 15.6. The van der Waals surface area contributed by atoms with Crippen LogP contribution in [0, 0.1) is 12.8 Å². The lowest BCUT2D eigenvalue weighted by molar-refractivity contribution is 0.102. The number of methoxy groups -OCH3 is 1. The summed E-state index contributed by atoms with van der Waals surface area (Å²) >= 11 is 6.32. The normalized spacial score (nSPS) is 11.0. The van der Waals surface area contributed by atoms with E-state index in [2.05, 4.69) is 15.4 Å². The van der Waals surface area contributed by atoms with Gasteiger partial charge in [-0.3, -0.25) is 4.79 Å². The van der Waals surface area contributed by atoms with E-state index in [0.717, 1.165) is 0 Å². The van der Waals surface area contributed by atoms with Crippen molar-refractivity contribution >= 4 is 28.8 Å². The largest absolute Gasteiger partial charge is 0.493 e. The average molecular weight is 389 g/mol. The third-order valence-corrected chi connectivity index (χ3v) is 4.03. The molecule has 0 aliphatic heterocycles. The summed E-state index contributed by atoms with van der Waals surface area (Å²) in [5.74, 6) is 1.53. The first-order valence-corrected chi connectivity index (χ1v) is 8.90.